The van der Waals surface area contributed by atoms with Crippen LogP contribution >= 0.6 is 0 Å². The zero-order valence-corrected chi connectivity index (χ0v) is 11.2. The Labute approximate surface area is 85.8 Å². The lowest BCUT2D eigenvalue weighted by molar-refractivity contribution is 0.373. The van der Waals surface area contributed by atoms with Crippen LogP contribution in [-0.2, 0) is 0 Å². The van der Waals surface area contributed by atoms with Crippen LogP contribution in [0.15, 0.2) is 0 Å². The fourth-order valence-corrected chi connectivity index (χ4v) is 2.31. The minimum atomic E-state index is 0.00954. The van der Waals surface area contributed by atoms with Crippen LogP contribution in [0.1, 0.15) is 40.5 Å². The van der Waals surface area contributed by atoms with Crippen molar-refractivity contribution in [1.29, 1.82) is 0 Å². The van der Waals surface area contributed by atoms with Gasteiger partial charge in [-0.25, -0.2) is 0 Å². The van der Waals surface area contributed by atoms with Gasteiger partial charge in [-0.3, -0.25) is 0 Å². The van der Waals surface area contributed by atoms with E-state index in [1.54, 1.807) is 0 Å². The minimum absolute atomic E-state index is 0.00954. The molecule has 0 atom stereocenters. The van der Waals surface area contributed by atoms with Crippen LogP contribution in [0.25, 0.3) is 0 Å². The smallest absolute Gasteiger partial charge is 0.0930 e. The van der Waals surface area contributed by atoms with Gasteiger partial charge in [-0.05, 0) is 24.4 Å². The summed E-state index contributed by atoms with van der Waals surface area (Å²) in [5.74, 6) is 0. The van der Waals surface area contributed by atoms with E-state index in [0.717, 1.165) is 13.2 Å². The van der Waals surface area contributed by atoms with E-state index >= 15 is 0 Å². The molecule has 13 heavy (non-hydrogen) atoms. The molecule has 0 aromatic carbocycles. The molecule has 80 valence electrons. The van der Waals surface area contributed by atoms with Crippen molar-refractivity contribution < 1.29 is 0 Å². The second-order valence-electron chi connectivity index (χ2n) is 4.80. The Morgan fingerprint density at radius 2 is 1.92 bits per heavy atom. The fraction of sp³-hybridized carbons (Fsp3) is 1.00. The van der Waals surface area contributed by atoms with Crippen molar-refractivity contribution in [2.75, 3.05) is 13.2 Å². The Balaban J connectivity index is 3.00. The molecule has 0 rings (SSSR count). The predicted molar refractivity (Wildman–Crippen MR) is 63.7 cm³/mol. The third kappa shape index (κ3) is 12.1. The summed E-state index contributed by atoms with van der Waals surface area (Å²) < 4.78 is 0. The molecule has 0 amide bonds. The highest BCUT2D eigenvalue weighted by Crippen LogP contribution is 2.21. The van der Waals surface area contributed by atoms with Crippen LogP contribution < -0.4 is 10.3 Å². The van der Waals surface area contributed by atoms with Crippen molar-refractivity contribution in [3.8, 4) is 0 Å². The summed E-state index contributed by atoms with van der Waals surface area (Å²) in [4.78, 5) is 3.50. The van der Waals surface area contributed by atoms with Gasteiger partial charge in [0.15, 0.2) is 0 Å². The highest BCUT2D eigenvalue weighted by molar-refractivity contribution is 6.31. The molecular formula is C10H26N2Si. The minimum Gasteiger partial charge on any atom is -0.331 e. The van der Waals surface area contributed by atoms with E-state index in [1.165, 1.54) is 18.9 Å². The highest BCUT2D eigenvalue weighted by Gasteiger charge is 2.08. The molecule has 0 heterocycles. The van der Waals surface area contributed by atoms with Crippen LogP contribution in [0, 0.1) is 5.41 Å². The highest BCUT2D eigenvalue weighted by atomic mass is 28.2. The van der Waals surface area contributed by atoms with Crippen molar-refractivity contribution in [3.05, 3.63) is 0 Å². The average molecular weight is 202 g/mol. The lowest BCUT2D eigenvalue weighted by atomic mass is 9.91. The Kier molecular flexibility index (Phi) is 7.61. The van der Waals surface area contributed by atoms with Crippen molar-refractivity contribution in [1.82, 2.24) is 10.3 Å². The van der Waals surface area contributed by atoms with Crippen LogP contribution in [0.5, 0.6) is 0 Å². The van der Waals surface area contributed by atoms with Gasteiger partial charge in [-0.1, -0.05) is 34.1 Å². The molecule has 0 aliphatic rings. The molecule has 0 bridgehead atoms. The first kappa shape index (κ1) is 13.1. The summed E-state index contributed by atoms with van der Waals surface area (Å²) >= 11 is 0. The number of nitrogens with one attached hydrogen (secondary N) is 2. The van der Waals surface area contributed by atoms with Crippen LogP contribution in [0.2, 0.25) is 6.04 Å². The van der Waals surface area contributed by atoms with Gasteiger partial charge in [0.25, 0.3) is 0 Å². The summed E-state index contributed by atoms with van der Waals surface area (Å²) in [5.41, 5.74) is 0.524. The first-order valence-corrected chi connectivity index (χ1v) is 7.18. The molecule has 0 aromatic heterocycles. The Hall–Kier alpha value is 0.137. The van der Waals surface area contributed by atoms with Crippen LogP contribution in [0.3, 0.4) is 0 Å². The van der Waals surface area contributed by atoms with Crippen molar-refractivity contribution in [3.63, 3.8) is 0 Å². The molecule has 0 aliphatic carbocycles. The molecule has 0 aliphatic heterocycles. The Morgan fingerprint density at radius 1 is 1.23 bits per heavy atom. The summed E-state index contributed by atoms with van der Waals surface area (Å²) in [6.45, 7) is 11.2. The maximum absolute atomic E-state index is 3.50. The Morgan fingerprint density at radius 3 is 2.46 bits per heavy atom. The van der Waals surface area contributed by atoms with E-state index < -0.39 is 0 Å². The molecular weight excluding hydrogens is 176 g/mol. The van der Waals surface area contributed by atoms with Gasteiger partial charge < -0.3 is 10.3 Å². The molecule has 0 fully saturated rings. The monoisotopic (exact) mass is 202 g/mol. The van der Waals surface area contributed by atoms with E-state index in [4.69, 9.17) is 0 Å². The van der Waals surface area contributed by atoms with E-state index in [9.17, 15) is 0 Å². The number of hydrogen-bond donors (Lipinski definition) is 2. The molecule has 0 spiro atoms. The second kappa shape index (κ2) is 7.53. The van der Waals surface area contributed by atoms with Gasteiger partial charge >= 0.3 is 0 Å². The van der Waals surface area contributed by atoms with E-state index in [0.29, 0.717) is 5.41 Å². The standard InChI is InChI=1S/C10H26N2Si/c1-5-11-9-12-13-8-6-7-10(2,3)4/h11-12H,5-9,13H2,1-4H3. The van der Waals surface area contributed by atoms with Crippen molar-refractivity contribution in [2.45, 2.75) is 46.6 Å². The average Bonchev–Trinajstić information content (AvgIpc) is 2.01. The molecule has 2 N–H and O–H groups in total. The van der Waals surface area contributed by atoms with Crippen molar-refractivity contribution >= 4 is 9.68 Å². The van der Waals surface area contributed by atoms with E-state index in [-0.39, 0.29) is 9.68 Å². The zero-order valence-electron chi connectivity index (χ0n) is 9.74. The van der Waals surface area contributed by atoms with Crippen LogP contribution in [-0.4, -0.2) is 22.9 Å². The van der Waals surface area contributed by atoms with Crippen LogP contribution in [0.4, 0.5) is 0 Å². The first-order chi connectivity index (χ1) is 6.06. The van der Waals surface area contributed by atoms with Gasteiger partial charge in [-0.15, -0.1) is 0 Å². The summed E-state index contributed by atoms with van der Waals surface area (Å²) in [6.07, 6.45) is 2.76. The maximum atomic E-state index is 3.50. The molecule has 0 saturated carbocycles. The SMILES string of the molecule is CCNCN[SiH2]CCCC(C)(C)C. The summed E-state index contributed by atoms with van der Waals surface area (Å²) in [5, 5.41) is 3.28. The molecule has 3 heteroatoms. The molecule has 2 nitrogen and oxygen atoms in total. The third-order valence-electron chi connectivity index (χ3n) is 2.03. The quantitative estimate of drug-likeness (QED) is 0.371. The predicted octanol–water partition coefficient (Wildman–Crippen LogP) is 1.47. The van der Waals surface area contributed by atoms with Gasteiger partial charge in [0.2, 0.25) is 0 Å². The van der Waals surface area contributed by atoms with Gasteiger partial charge in [0.1, 0.15) is 0 Å². The second-order valence-corrected chi connectivity index (χ2v) is 6.51. The molecule has 0 radical (unpaired) electrons. The topological polar surface area (TPSA) is 24.1 Å². The zero-order chi connectivity index (χ0) is 10.2. The summed E-state index contributed by atoms with van der Waals surface area (Å²) in [7, 11) is 0.00954. The lowest BCUT2D eigenvalue weighted by Gasteiger charge is -2.17. The van der Waals surface area contributed by atoms with E-state index in [1.807, 2.05) is 0 Å². The van der Waals surface area contributed by atoms with Gasteiger partial charge in [0, 0.05) is 6.67 Å². The lowest BCUT2D eigenvalue weighted by Crippen LogP contribution is -2.31. The number of rotatable bonds is 7. The number of hydrogen-bond acceptors (Lipinski definition) is 2. The molecule has 0 aromatic rings. The van der Waals surface area contributed by atoms with Crippen molar-refractivity contribution in [2.24, 2.45) is 5.41 Å². The van der Waals surface area contributed by atoms with Gasteiger partial charge in [0.05, 0.1) is 9.68 Å². The molecule has 0 unspecified atom stereocenters. The van der Waals surface area contributed by atoms with Gasteiger partial charge in [-0.2, -0.15) is 0 Å². The summed E-state index contributed by atoms with van der Waals surface area (Å²) in [6, 6.07) is 1.43. The normalized spacial score (nSPS) is 12.9. The van der Waals surface area contributed by atoms with E-state index in [2.05, 4.69) is 38.0 Å². The Bertz CT molecular complexity index is 110. The fourth-order valence-electron chi connectivity index (χ4n) is 1.21. The maximum Gasteiger partial charge on any atom is 0.0930 e. The largest absolute Gasteiger partial charge is 0.331 e. The third-order valence-corrected chi connectivity index (χ3v) is 3.49. The molecule has 0 saturated heterocycles. The first-order valence-electron chi connectivity index (χ1n) is 5.47.